The van der Waals surface area contributed by atoms with Gasteiger partial charge in [0.15, 0.2) is 0 Å². The lowest BCUT2D eigenvalue weighted by Crippen LogP contribution is -2.39. The Hall–Kier alpha value is -1.84. The predicted octanol–water partition coefficient (Wildman–Crippen LogP) is 0.443. The third-order valence-corrected chi connectivity index (χ3v) is 3.65. The summed E-state index contributed by atoms with van der Waals surface area (Å²) in [6.45, 7) is -0.148. The number of aliphatic hydroxyl groups excluding tert-OH is 1. The number of likely N-dealkylation sites (N-methyl/N-ethyl adjacent to an activating group) is 1. The Morgan fingerprint density at radius 2 is 2.30 bits per heavy atom. The van der Waals surface area contributed by atoms with E-state index in [2.05, 4.69) is 17.2 Å². The Labute approximate surface area is 121 Å². The number of nitrogens with zero attached hydrogens (tertiary/aromatic N) is 1. The van der Waals surface area contributed by atoms with Gasteiger partial charge in [0, 0.05) is 18.5 Å². The zero-order valence-corrected chi connectivity index (χ0v) is 12.0. The molecule has 0 radical (unpaired) electrons. The Balaban J connectivity index is 1.91. The van der Waals surface area contributed by atoms with Crippen molar-refractivity contribution in [1.29, 1.82) is 0 Å². The van der Waals surface area contributed by atoms with E-state index in [1.54, 1.807) is 18.5 Å². The molecule has 20 heavy (non-hydrogen) atoms. The molecule has 1 saturated carbocycles. The quantitative estimate of drug-likeness (QED) is 0.791. The third kappa shape index (κ3) is 4.08. The van der Waals surface area contributed by atoms with Crippen LogP contribution in [0.3, 0.4) is 0 Å². The van der Waals surface area contributed by atoms with Gasteiger partial charge in [0.25, 0.3) is 5.91 Å². The lowest BCUT2D eigenvalue weighted by Gasteiger charge is -2.15. The van der Waals surface area contributed by atoms with Gasteiger partial charge in [-0.05, 0) is 18.9 Å². The molecule has 0 unspecified atom stereocenters. The van der Waals surface area contributed by atoms with Gasteiger partial charge in [-0.15, -0.1) is 11.3 Å². The average Bonchev–Trinajstić information content (AvgIpc) is 3.10. The van der Waals surface area contributed by atoms with E-state index in [1.165, 1.54) is 16.2 Å². The first-order valence-corrected chi connectivity index (χ1v) is 7.21. The fourth-order valence-electron chi connectivity index (χ4n) is 1.65. The summed E-state index contributed by atoms with van der Waals surface area (Å²) in [6, 6.07) is 1.97. The number of rotatable bonds is 4. The molecule has 0 aromatic carbocycles. The molecule has 0 aliphatic heterocycles. The number of hydrogen-bond donors (Lipinski definition) is 2. The topological polar surface area (TPSA) is 69.6 Å². The zero-order valence-electron chi connectivity index (χ0n) is 11.2. The summed E-state index contributed by atoms with van der Waals surface area (Å²) >= 11 is 1.34. The second-order valence-electron chi connectivity index (χ2n) is 4.66. The van der Waals surface area contributed by atoms with E-state index in [0.717, 1.165) is 17.7 Å². The summed E-state index contributed by atoms with van der Waals surface area (Å²) in [5.41, 5.74) is 0.513. The highest BCUT2D eigenvalue weighted by atomic mass is 32.1. The molecule has 5 nitrogen and oxygen atoms in total. The maximum atomic E-state index is 12.1. The van der Waals surface area contributed by atoms with Crippen molar-refractivity contribution in [2.24, 2.45) is 0 Å². The number of carbonyl (C=O) groups is 2. The second kappa shape index (κ2) is 6.55. The van der Waals surface area contributed by atoms with Crippen molar-refractivity contribution in [2.45, 2.75) is 18.9 Å². The molecule has 1 aromatic rings. The second-order valence-corrected chi connectivity index (χ2v) is 5.57. The van der Waals surface area contributed by atoms with Crippen LogP contribution in [0.1, 0.15) is 28.1 Å². The Bertz CT molecular complexity index is 566. The molecule has 0 spiro atoms. The van der Waals surface area contributed by atoms with Crippen molar-refractivity contribution in [3.8, 4) is 11.8 Å². The molecule has 6 heteroatoms. The summed E-state index contributed by atoms with van der Waals surface area (Å²) in [4.78, 5) is 25.9. The molecule has 0 saturated heterocycles. The molecular formula is C14H16N2O3S. The van der Waals surface area contributed by atoms with Gasteiger partial charge in [0.05, 0.1) is 17.0 Å². The highest BCUT2D eigenvalue weighted by Gasteiger charge is 2.24. The van der Waals surface area contributed by atoms with Crippen LogP contribution < -0.4 is 5.32 Å². The monoisotopic (exact) mass is 292 g/mol. The zero-order chi connectivity index (χ0) is 14.5. The largest absolute Gasteiger partial charge is 0.384 e. The summed E-state index contributed by atoms with van der Waals surface area (Å²) in [5, 5.41) is 13.2. The van der Waals surface area contributed by atoms with Crippen LogP contribution >= 0.6 is 11.3 Å². The van der Waals surface area contributed by atoms with Crippen LogP contribution in [0.4, 0.5) is 0 Å². The molecule has 0 atom stereocenters. The lowest BCUT2D eigenvalue weighted by molar-refractivity contribution is -0.121. The SMILES string of the molecule is CN(CC(=O)NC1CC1)C(=O)c1csc(C#CCO)c1. The van der Waals surface area contributed by atoms with E-state index in [1.807, 2.05) is 0 Å². The number of carbonyl (C=O) groups excluding carboxylic acids is 2. The minimum absolute atomic E-state index is 0.0584. The number of amides is 2. The first-order chi connectivity index (χ1) is 9.60. The highest BCUT2D eigenvalue weighted by Crippen LogP contribution is 2.18. The summed E-state index contributed by atoms with van der Waals surface area (Å²) in [5.74, 6) is 4.96. The number of nitrogens with one attached hydrogen (secondary N) is 1. The van der Waals surface area contributed by atoms with Crippen LogP contribution in [0.25, 0.3) is 0 Å². The van der Waals surface area contributed by atoms with Crippen LogP contribution in [-0.2, 0) is 4.79 Å². The average molecular weight is 292 g/mol. The van der Waals surface area contributed by atoms with Crippen LogP contribution in [0, 0.1) is 11.8 Å². The fourth-order valence-corrected chi connectivity index (χ4v) is 2.40. The number of thiophene rings is 1. The molecule has 106 valence electrons. The summed E-state index contributed by atoms with van der Waals surface area (Å²) < 4.78 is 0. The van der Waals surface area contributed by atoms with Crippen LogP contribution in [0.2, 0.25) is 0 Å². The summed E-state index contributed by atoms with van der Waals surface area (Å²) in [7, 11) is 1.60. The Morgan fingerprint density at radius 3 is 2.95 bits per heavy atom. The molecule has 0 bridgehead atoms. The fraction of sp³-hybridized carbons (Fsp3) is 0.429. The van der Waals surface area contributed by atoms with E-state index in [4.69, 9.17) is 5.11 Å². The molecule has 2 amide bonds. The molecule has 2 rings (SSSR count). The van der Waals surface area contributed by atoms with E-state index in [0.29, 0.717) is 11.6 Å². The molecule has 1 aromatic heterocycles. The maximum absolute atomic E-state index is 12.1. The van der Waals surface area contributed by atoms with Crippen molar-refractivity contribution >= 4 is 23.2 Å². The maximum Gasteiger partial charge on any atom is 0.254 e. The standard InChI is InChI=1S/C14H16N2O3S/c1-16(8-13(18)15-11-4-5-11)14(19)10-7-12(20-9-10)3-2-6-17/h7,9,11,17H,4-6,8H2,1H3,(H,15,18). The lowest BCUT2D eigenvalue weighted by atomic mass is 10.2. The van der Waals surface area contributed by atoms with Gasteiger partial charge in [-0.3, -0.25) is 9.59 Å². The smallest absolute Gasteiger partial charge is 0.254 e. The molecule has 1 aliphatic carbocycles. The number of aliphatic hydroxyl groups is 1. The van der Waals surface area contributed by atoms with Crippen molar-refractivity contribution in [1.82, 2.24) is 10.2 Å². The number of hydrogen-bond acceptors (Lipinski definition) is 4. The minimum atomic E-state index is -0.206. The van der Waals surface area contributed by atoms with Gasteiger partial charge in [-0.25, -0.2) is 0 Å². The van der Waals surface area contributed by atoms with E-state index >= 15 is 0 Å². The van der Waals surface area contributed by atoms with Crippen molar-refractivity contribution in [2.75, 3.05) is 20.2 Å². The van der Waals surface area contributed by atoms with Gasteiger partial charge in [0.1, 0.15) is 6.61 Å². The molecular weight excluding hydrogens is 276 g/mol. The van der Waals surface area contributed by atoms with E-state index < -0.39 is 0 Å². The minimum Gasteiger partial charge on any atom is -0.384 e. The first kappa shape index (κ1) is 14.6. The Morgan fingerprint density at radius 1 is 1.55 bits per heavy atom. The third-order valence-electron chi connectivity index (χ3n) is 2.81. The molecule has 1 heterocycles. The van der Waals surface area contributed by atoms with Crippen LogP contribution in [-0.4, -0.2) is 48.1 Å². The van der Waals surface area contributed by atoms with Crippen LogP contribution in [0.15, 0.2) is 11.4 Å². The van der Waals surface area contributed by atoms with Gasteiger partial charge in [-0.1, -0.05) is 11.8 Å². The normalized spacial score (nSPS) is 13.3. The molecule has 1 aliphatic rings. The predicted molar refractivity (Wildman–Crippen MR) is 76.4 cm³/mol. The van der Waals surface area contributed by atoms with Crippen molar-refractivity contribution in [3.63, 3.8) is 0 Å². The Kier molecular flexibility index (Phi) is 4.77. The molecule has 1 fully saturated rings. The molecule has 2 N–H and O–H groups in total. The van der Waals surface area contributed by atoms with Gasteiger partial charge in [-0.2, -0.15) is 0 Å². The van der Waals surface area contributed by atoms with Crippen LogP contribution in [0.5, 0.6) is 0 Å². The first-order valence-electron chi connectivity index (χ1n) is 6.33. The van der Waals surface area contributed by atoms with Crippen molar-refractivity contribution in [3.05, 3.63) is 21.9 Å². The van der Waals surface area contributed by atoms with Gasteiger partial charge >= 0.3 is 0 Å². The highest BCUT2D eigenvalue weighted by molar-refractivity contribution is 7.10. The van der Waals surface area contributed by atoms with Crippen molar-refractivity contribution < 1.29 is 14.7 Å². The van der Waals surface area contributed by atoms with E-state index in [-0.39, 0.29) is 25.0 Å². The van der Waals surface area contributed by atoms with Gasteiger partial charge < -0.3 is 15.3 Å². The van der Waals surface area contributed by atoms with E-state index in [9.17, 15) is 9.59 Å². The summed E-state index contributed by atoms with van der Waals surface area (Å²) in [6.07, 6.45) is 2.06. The van der Waals surface area contributed by atoms with Gasteiger partial charge in [0.2, 0.25) is 5.91 Å².